The summed E-state index contributed by atoms with van der Waals surface area (Å²) in [5, 5.41) is 1.36. The van der Waals surface area contributed by atoms with E-state index >= 15 is 0 Å². The van der Waals surface area contributed by atoms with Crippen molar-refractivity contribution in [1.29, 1.82) is 0 Å². The van der Waals surface area contributed by atoms with Gasteiger partial charge in [0, 0.05) is 23.1 Å². The predicted octanol–water partition coefficient (Wildman–Crippen LogP) is 2.50. The first-order valence-electron chi connectivity index (χ1n) is 5.21. The van der Waals surface area contributed by atoms with Gasteiger partial charge in [-0.05, 0) is 42.5 Å². The lowest BCUT2D eigenvalue weighted by molar-refractivity contribution is 0.573. The smallest absolute Gasteiger partial charge is 0.0456 e. The van der Waals surface area contributed by atoms with Crippen LogP contribution in [-0.4, -0.2) is 4.98 Å². The minimum absolute atomic E-state index is 0.248. The fourth-order valence-electron chi connectivity index (χ4n) is 2.49. The SMILES string of the molecule is N[C@@H]1CCCc2c1ccc1[nH]ccc21. The third-order valence-corrected chi connectivity index (χ3v) is 3.22. The van der Waals surface area contributed by atoms with Gasteiger partial charge in [-0.15, -0.1) is 0 Å². The molecule has 0 saturated carbocycles. The summed E-state index contributed by atoms with van der Waals surface area (Å²) in [7, 11) is 0. The molecule has 0 amide bonds. The molecule has 1 aromatic carbocycles. The number of aromatic nitrogens is 1. The van der Waals surface area contributed by atoms with Gasteiger partial charge in [0.15, 0.2) is 0 Å². The number of hydrogen-bond acceptors (Lipinski definition) is 1. The standard InChI is InChI=1S/C12H14N2/c13-11-3-1-2-8-9(11)4-5-12-10(8)6-7-14-12/h4-7,11,14H,1-3,13H2/t11-/m1/s1. The van der Waals surface area contributed by atoms with E-state index in [0.717, 1.165) is 6.42 Å². The van der Waals surface area contributed by atoms with Crippen molar-refractivity contribution in [2.24, 2.45) is 5.73 Å². The topological polar surface area (TPSA) is 41.8 Å². The van der Waals surface area contributed by atoms with Crippen LogP contribution in [0.2, 0.25) is 0 Å². The Bertz CT molecular complexity index is 470. The van der Waals surface area contributed by atoms with Crippen molar-refractivity contribution in [2.45, 2.75) is 25.3 Å². The molecule has 2 nitrogen and oxygen atoms in total. The molecular weight excluding hydrogens is 172 g/mol. The van der Waals surface area contributed by atoms with Gasteiger partial charge in [-0.1, -0.05) is 6.07 Å². The first kappa shape index (κ1) is 8.06. The highest BCUT2D eigenvalue weighted by molar-refractivity contribution is 5.84. The number of aromatic amines is 1. The number of aryl methyl sites for hydroxylation is 1. The molecular formula is C12H14N2. The Hall–Kier alpha value is -1.28. The fourth-order valence-corrected chi connectivity index (χ4v) is 2.49. The Morgan fingerprint density at radius 2 is 2.21 bits per heavy atom. The van der Waals surface area contributed by atoms with Crippen molar-refractivity contribution in [3.8, 4) is 0 Å². The third kappa shape index (κ3) is 1.01. The first-order chi connectivity index (χ1) is 6.86. The number of nitrogens with one attached hydrogen (secondary N) is 1. The van der Waals surface area contributed by atoms with E-state index in [1.54, 1.807) is 0 Å². The molecule has 2 heteroatoms. The molecule has 3 rings (SSSR count). The maximum absolute atomic E-state index is 6.10. The van der Waals surface area contributed by atoms with E-state index in [1.165, 1.54) is 34.9 Å². The van der Waals surface area contributed by atoms with Crippen LogP contribution in [0.3, 0.4) is 0 Å². The zero-order valence-corrected chi connectivity index (χ0v) is 8.09. The Labute approximate surface area is 83.1 Å². The summed E-state index contributed by atoms with van der Waals surface area (Å²) in [5.74, 6) is 0. The number of fused-ring (bicyclic) bond motifs is 3. The second kappa shape index (κ2) is 2.85. The van der Waals surface area contributed by atoms with Crippen LogP contribution in [0.15, 0.2) is 24.4 Å². The molecule has 0 saturated heterocycles. The van der Waals surface area contributed by atoms with Crippen molar-refractivity contribution in [2.75, 3.05) is 0 Å². The van der Waals surface area contributed by atoms with Crippen LogP contribution in [0.25, 0.3) is 10.9 Å². The Kier molecular flexibility index (Phi) is 1.64. The molecule has 0 spiro atoms. The molecule has 1 aromatic heterocycles. The van der Waals surface area contributed by atoms with E-state index in [2.05, 4.69) is 23.2 Å². The van der Waals surface area contributed by atoms with Gasteiger partial charge in [0.25, 0.3) is 0 Å². The molecule has 0 bridgehead atoms. The van der Waals surface area contributed by atoms with Crippen LogP contribution in [-0.2, 0) is 6.42 Å². The first-order valence-corrected chi connectivity index (χ1v) is 5.21. The molecule has 3 N–H and O–H groups in total. The van der Waals surface area contributed by atoms with Crippen molar-refractivity contribution in [3.63, 3.8) is 0 Å². The van der Waals surface area contributed by atoms with Crippen LogP contribution in [0, 0.1) is 0 Å². The number of H-pyrrole nitrogens is 1. The molecule has 0 unspecified atom stereocenters. The molecule has 1 aliphatic carbocycles. The summed E-state index contributed by atoms with van der Waals surface area (Å²) in [6.45, 7) is 0. The van der Waals surface area contributed by atoms with E-state index in [4.69, 9.17) is 5.73 Å². The summed E-state index contributed by atoms with van der Waals surface area (Å²) in [6.07, 6.45) is 5.53. The van der Waals surface area contributed by atoms with Crippen molar-refractivity contribution in [1.82, 2.24) is 4.98 Å². The van der Waals surface area contributed by atoms with Crippen molar-refractivity contribution >= 4 is 10.9 Å². The maximum Gasteiger partial charge on any atom is 0.0456 e. The lowest BCUT2D eigenvalue weighted by atomic mass is 9.86. The molecule has 1 aliphatic rings. The molecule has 1 heterocycles. The van der Waals surface area contributed by atoms with Gasteiger partial charge in [0.2, 0.25) is 0 Å². The maximum atomic E-state index is 6.10. The van der Waals surface area contributed by atoms with Gasteiger partial charge >= 0.3 is 0 Å². The highest BCUT2D eigenvalue weighted by Crippen LogP contribution is 2.32. The summed E-state index contributed by atoms with van der Waals surface area (Å²) in [5.41, 5.74) is 10.1. The summed E-state index contributed by atoms with van der Waals surface area (Å²) in [4.78, 5) is 3.24. The zero-order valence-electron chi connectivity index (χ0n) is 8.09. The Morgan fingerprint density at radius 1 is 1.29 bits per heavy atom. The normalized spacial score (nSPS) is 21.1. The van der Waals surface area contributed by atoms with Crippen LogP contribution < -0.4 is 5.73 Å². The lowest BCUT2D eigenvalue weighted by Crippen LogP contribution is -2.17. The summed E-state index contributed by atoms with van der Waals surface area (Å²) >= 11 is 0. The molecule has 14 heavy (non-hydrogen) atoms. The number of benzene rings is 1. The van der Waals surface area contributed by atoms with Crippen LogP contribution >= 0.6 is 0 Å². The largest absolute Gasteiger partial charge is 0.361 e. The van der Waals surface area contributed by atoms with Gasteiger partial charge in [-0.25, -0.2) is 0 Å². The number of hydrogen-bond donors (Lipinski definition) is 2. The van der Waals surface area contributed by atoms with Crippen molar-refractivity contribution < 1.29 is 0 Å². The lowest BCUT2D eigenvalue weighted by Gasteiger charge is -2.22. The summed E-state index contributed by atoms with van der Waals surface area (Å²) < 4.78 is 0. The third-order valence-electron chi connectivity index (χ3n) is 3.22. The van der Waals surface area contributed by atoms with Gasteiger partial charge in [-0.2, -0.15) is 0 Å². The monoisotopic (exact) mass is 186 g/mol. The van der Waals surface area contributed by atoms with E-state index < -0.39 is 0 Å². The molecule has 0 aliphatic heterocycles. The van der Waals surface area contributed by atoms with Crippen LogP contribution in [0.4, 0.5) is 0 Å². The van der Waals surface area contributed by atoms with E-state index in [1.807, 2.05) is 6.20 Å². The average molecular weight is 186 g/mol. The second-order valence-corrected chi connectivity index (χ2v) is 4.07. The minimum Gasteiger partial charge on any atom is -0.361 e. The highest BCUT2D eigenvalue weighted by Gasteiger charge is 2.18. The van der Waals surface area contributed by atoms with Gasteiger partial charge in [-0.3, -0.25) is 0 Å². The Morgan fingerprint density at radius 3 is 3.14 bits per heavy atom. The van der Waals surface area contributed by atoms with Crippen molar-refractivity contribution in [3.05, 3.63) is 35.5 Å². The summed E-state index contributed by atoms with van der Waals surface area (Å²) in [6, 6.07) is 6.72. The number of nitrogens with two attached hydrogens (primary N) is 1. The zero-order chi connectivity index (χ0) is 9.54. The number of rotatable bonds is 0. The molecule has 0 fully saturated rings. The van der Waals surface area contributed by atoms with Gasteiger partial charge < -0.3 is 10.7 Å². The quantitative estimate of drug-likeness (QED) is 0.652. The molecule has 2 aromatic rings. The second-order valence-electron chi connectivity index (χ2n) is 4.07. The molecule has 1 atom stereocenters. The molecule has 0 radical (unpaired) electrons. The average Bonchev–Trinajstić information content (AvgIpc) is 2.66. The minimum atomic E-state index is 0.248. The van der Waals surface area contributed by atoms with Crippen LogP contribution in [0.1, 0.15) is 30.0 Å². The van der Waals surface area contributed by atoms with Crippen LogP contribution in [0.5, 0.6) is 0 Å². The Balaban J connectivity index is 2.32. The van der Waals surface area contributed by atoms with E-state index in [0.29, 0.717) is 0 Å². The van der Waals surface area contributed by atoms with Gasteiger partial charge in [0.1, 0.15) is 0 Å². The fraction of sp³-hybridized carbons (Fsp3) is 0.333. The highest BCUT2D eigenvalue weighted by atomic mass is 14.7. The van der Waals surface area contributed by atoms with E-state index in [9.17, 15) is 0 Å². The predicted molar refractivity (Wildman–Crippen MR) is 58.2 cm³/mol. The van der Waals surface area contributed by atoms with E-state index in [-0.39, 0.29) is 6.04 Å². The van der Waals surface area contributed by atoms with Gasteiger partial charge in [0.05, 0.1) is 0 Å². The molecule has 72 valence electrons.